The van der Waals surface area contributed by atoms with Gasteiger partial charge in [-0.15, -0.1) is 0 Å². The molecule has 1 aromatic carbocycles. The molecule has 0 aliphatic carbocycles. The van der Waals surface area contributed by atoms with E-state index in [1.807, 2.05) is 0 Å². The molecule has 0 aliphatic heterocycles. The van der Waals surface area contributed by atoms with E-state index in [2.05, 4.69) is 0 Å². The second-order valence-electron chi connectivity index (χ2n) is 2.94. The van der Waals surface area contributed by atoms with Gasteiger partial charge in [0, 0.05) is 11.6 Å². The number of hydrogen-bond acceptors (Lipinski definition) is 4. The van der Waals surface area contributed by atoms with Gasteiger partial charge in [0.1, 0.15) is 5.75 Å². The van der Waals surface area contributed by atoms with Crippen LogP contribution in [0.2, 0.25) is 5.02 Å². The molecule has 7 heteroatoms. The monoisotopic (exact) mass is 245 g/mol. The third-order valence-corrected chi connectivity index (χ3v) is 2.19. The maximum Gasteiger partial charge on any atom is 0.308 e. The molecule has 0 atom stereocenters. The average Bonchev–Trinajstić information content (AvgIpc) is 2.19. The van der Waals surface area contributed by atoms with Crippen molar-refractivity contribution in [2.24, 2.45) is 0 Å². The lowest BCUT2D eigenvalue weighted by molar-refractivity contribution is -0.385. The van der Waals surface area contributed by atoms with Crippen LogP contribution in [0.25, 0.3) is 0 Å². The van der Waals surface area contributed by atoms with Gasteiger partial charge in [0.15, 0.2) is 0 Å². The molecule has 0 fully saturated rings. The van der Waals surface area contributed by atoms with Gasteiger partial charge in [-0.1, -0.05) is 11.6 Å². The number of rotatable bonds is 4. The number of nitro groups is 1. The van der Waals surface area contributed by atoms with Gasteiger partial charge in [0.2, 0.25) is 0 Å². The Balaban J connectivity index is 3.30. The standard InChI is InChI=1S/C9H8ClNO5/c1-16-8-2-5(3-9(12)13)7(11(14)15)4-6(8)10/h2,4H,3H2,1H3,(H,12,13). The van der Waals surface area contributed by atoms with E-state index in [9.17, 15) is 14.9 Å². The zero-order chi connectivity index (χ0) is 12.3. The molecular weight excluding hydrogens is 238 g/mol. The minimum atomic E-state index is -1.16. The Kier molecular flexibility index (Phi) is 3.68. The van der Waals surface area contributed by atoms with Crippen molar-refractivity contribution in [3.05, 3.63) is 32.8 Å². The number of methoxy groups -OCH3 is 1. The minimum Gasteiger partial charge on any atom is -0.495 e. The lowest BCUT2D eigenvalue weighted by Gasteiger charge is -2.06. The van der Waals surface area contributed by atoms with Crippen LogP contribution in [0, 0.1) is 10.1 Å². The molecule has 0 amide bonds. The average molecular weight is 246 g/mol. The molecule has 0 bridgehead atoms. The molecule has 0 aliphatic rings. The zero-order valence-corrected chi connectivity index (χ0v) is 9.02. The SMILES string of the molecule is COc1cc(CC(=O)O)c([N+](=O)[O-])cc1Cl. The molecule has 1 aromatic rings. The van der Waals surface area contributed by atoms with E-state index in [4.69, 9.17) is 21.4 Å². The summed E-state index contributed by atoms with van der Waals surface area (Å²) in [5.41, 5.74) is -0.271. The van der Waals surface area contributed by atoms with Gasteiger partial charge in [-0.2, -0.15) is 0 Å². The first-order valence-corrected chi connectivity index (χ1v) is 4.56. The van der Waals surface area contributed by atoms with Crippen LogP contribution >= 0.6 is 11.6 Å². The fourth-order valence-electron chi connectivity index (χ4n) is 1.22. The summed E-state index contributed by atoms with van der Waals surface area (Å²) in [5, 5.41) is 19.4. The summed E-state index contributed by atoms with van der Waals surface area (Å²) in [6, 6.07) is 2.34. The first kappa shape index (κ1) is 12.3. The van der Waals surface area contributed by atoms with E-state index in [0.29, 0.717) is 0 Å². The molecule has 0 heterocycles. The number of carbonyl (C=O) groups is 1. The zero-order valence-electron chi connectivity index (χ0n) is 8.27. The van der Waals surface area contributed by atoms with Crippen LogP contribution in [-0.4, -0.2) is 23.1 Å². The first-order valence-electron chi connectivity index (χ1n) is 4.18. The van der Waals surface area contributed by atoms with Crippen LogP contribution in [0.1, 0.15) is 5.56 Å². The Morgan fingerprint density at radius 3 is 2.69 bits per heavy atom. The van der Waals surface area contributed by atoms with Gasteiger partial charge in [-0.05, 0) is 6.07 Å². The van der Waals surface area contributed by atoms with Gasteiger partial charge < -0.3 is 9.84 Å². The largest absolute Gasteiger partial charge is 0.495 e. The minimum absolute atomic E-state index is 0.0544. The number of halogens is 1. The summed E-state index contributed by atoms with van der Waals surface area (Å²) in [4.78, 5) is 20.5. The summed E-state index contributed by atoms with van der Waals surface area (Å²) in [6.07, 6.45) is -0.455. The third kappa shape index (κ3) is 2.60. The molecule has 0 saturated heterocycles. The number of ether oxygens (including phenoxy) is 1. The van der Waals surface area contributed by atoms with Crippen LogP contribution in [0.5, 0.6) is 5.75 Å². The number of aliphatic carboxylic acids is 1. The summed E-state index contributed by atoms with van der Waals surface area (Å²) in [6.45, 7) is 0. The predicted molar refractivity (Wildman–Crippen MR) is 56.0 cm³/mol. The Morgan fingerprint density at radius 1 is 1.62 bits per heavy atom. The maximum absolute atomic E-state index is 10.7. The van der Waals surface area contributed by atoms with Crippen LogP contribution in [-0.2, 0) is 11.2 Å². The molecule has 0 aromatic heterocycles. The van der Waals surface area contributed by atoms with E-state index in [1.165, 1.54) is 13.2 Å². The summed E-state index contributed by atoms with van der Waals surface area (Å²) >= 11 is 5.71. The highest BCUT2D eigenvalue weighted by molar-refractivity contribution is 6.32. The number of benzene rings is 1. The summed E-state index contributed by atoms with van der Waals surface area (Å²) in [7, 11) is 1.34. The van der Waals surface area contributed by atoms with Crippen LogP contribution in [0.4, 0.5) is 5.69 Å². The first-order chi connectivity index (χ1) is 7.45. The van der Waals surface area contributed by atoms with Gasteiger partial charge in [-0.25, -0.2) is 0 Å². The third-order valence-electron chi connectivity index (χ3n) is 1.89. The second kappa shape index (κ2) is 4.80. The van der Waals surface area contributed by atoms with E-state index in [0.717, 1.165) is 6.07 Å². The molecule has 0 saturated carbocycles. The molecule has 0 spiro atoms. The molecule has 1 rings (SSSR count). The van der Waals surface area contributed by atoms with Crippen molar-refractivity contribution in [3.8, 4) is 5.75 Å². The van der Waals surface area contributed by atoms with Crippen molar-refractivity contribution in [3.63, 3.8) is 0 Å². The molecule has 0 radical (unpaired) electrons. The number of hydrogen-bond donors (Lipinski definition) is 1. The van der Waals surface area contributed by atoms with Crippen molar-refractivity contribution >= 4 is 23.3 Å². The normalized spacial score (nSPS) is 9.88. The molecule has 86 valence electrons. The Morgan fingerprint density at radius 2 is 2.25 bits per heavy atom. The van der Waals surface area contributed by atoms with E-state index in [-0.39, 0.29) is 22.0 Å². The quantitative estimate of drug-likeness (QED) is 0.646. The van der Waals surface area contributed by atoms with Crippen molar-refractivity contribution in [1.29, 1.82) is 0 Å². The summed E-state index contributed by atoms with van der Waals surface area (Å²) in [5.74, 6) is -0.948. The number of carboxylic acids is 1. The maximum atomic E-state index is 10.7. The topological polar surface area (TPSA) is 89.7 Å². The highest BCUT2D eigenvalue weighted by Gasteiger charge is 2.19. The van der Waals surface area contributed by atoms with Gasteiger partial charge in [0.25, 0.3) is 5.69 Å². The molecule has 1 N–H and O–H groups in total. The van der Waals surface area contributed by atoms with Crippen molar-refractivity contribution < 1.29 is 19.6 Å². The fourth-order valence-corrected chi connectivity index (χ4v) is 1.45. The number of nitrogens with zero attached hydrogens (tertiary/aromatic N) is 1. The lowest BCUT2D eigenvalue weighted by atomic mass is 10.1. The Hall–Kier alpha value is -1.82. The van der Waals surface area contributed by atoms with Crippen molar-refractivity contribution in [1.82, 2.24) is 0 Å². The Labute approximate surface area is 95.6 Å². The van der Waals surface area contributed by atoms with Crippen molar-refractivity contribution in [2.45, 2.75) is 6.42 Å². The fraction of sp³-hybridized carbons (Fsp3) is 0.222. The highest BCUT2D eigenvalue weighted by atomic mass is 35.5. The highest BCUT2D eigenvalue weighted by Crippen LogP contribution is 2.32. The van der Waals surface area contributed by atoms with E-state index < -0.39 is 17.3 Å². The molecular formula is C9H8ClNO5. The van der Waals surface area contributed by atoms with E-state index >= 15 is 0 Å². The molecule has 0 unspecified atom stereocenters. The smallest absolute Gasteiger partial charge is 0.308 e. The van der Waals surface area contributed by atoms with Gasteiger partial charge in [0.05, 0.1) is 23.5 Å². The number of nitro benzene ring substituents is 1. The van der Waals surface area contributed by atoms with Crippen molar-refractivity contribution in [2.75, 3.05) is 7.11 Å². The van der Waals surface area contributed by atoms with Gasteiger partial charge in [-0.3, -0.25) is 14.9 Å². The molecule has 16 heavy (non-hydrogen) atoms. The molecule has 6 nitrogen and oxygen atoms in total. The Bertz CT molecular complexity index is 446. The van der Waals surface area contributed by atoms with Crippen LogP contribution < -0.4 is 4.74 Å². The number of carboxylic acid groups (broad SMARTS) is 1. The lowest BCUT2D eigenvalue weighted by Crippen LogP contribution is -2.04. The van der Waals surface area contributed by atoms with Crippen LogP contribution in [0.15, 0.2) is 12.1 Å². The summed E-state index contributed by atoms with van der Waals surface area (Å²) < 4.78 is 4.85. The van der Waals surface area contributed by atoms with E-state index in [1.54, 1.807) is 0 Å². The predicted octanol–water partition coefficient (Wildman–Crippen LogP) is 1.88. The van der Waals surface area contributed by atoms with Crippen LogP contribution in [0.3, 0.4) is 0 Å². The van der Waals surface area contributed by atoms with Gasteiger partial charge >= 0.3 is 5.97 Å². The second-order valence-corrected chi connectivity index (χ2v) is 3.35.